The predicted molar refractivity (Wildman–Crippen MR) is 89.0 cm³/mol. The Kier molecular flexibility index (Phi) is 3.31. The number of benzene rings is 1. The molecule has 138 valence electrons. The van der Waals surface area contributed by atoms with Gasteiger partial charge in [-0.1, -0.05) is 0 Å². The lowest BCUT2D eigenvalue weighted by molar-refractivity contribution is 0.0270. The van der Waals surface area contributed by atoms with Crippen LogP contribution in [0.3, 0.4) is 0 Å². The largest absolute Gasteiger partial charge is 0.462 e. The fourth-order valence-electron chi connectivity index (χ4n) is 4.71. The van der Waals surface area contributed by atoms with Gasteiger partial charge in [0.1, 0.15) is 4.90 Å². The van der Waals surface area contributed by atoms with Crippen LogP contribution in [-0.4, -0.2) is 50.0 Å². The number of hydrogen-bond acceptors (Lipinski definition) is 6. The highest BCUT2D eigenvalue weighted by atomic mass is 32.2. The van der Waals surface area contributed by atoms with Crippen LogP contribution in [0.1, 0.15) is 40.5 Å². The summed E-state index contributed by atoms with van der Waals surface area (Å²) in [4.78, 5) is 24.4. The Balaban J connectivity index is 1.32. The smallest absolute Gasteiger partial charge is 0.338 e. The van der Waals surface area contributed by atoms with Crippen molar-refractivity contribution in [1.82, 2.24) is 4.31 Å². The fourth-order valence-corrected chi connectivity index (χ4v) is 6.32. The second kappa shape index (κ2) is 5.29. The van der Waals surface area contributed by atoms with E-state index in [1.807, 2.05) is 0 Å². The topological polar surface area (TPSA) is 90.0 Å². The van der Waals surface area contributed by atoms with Crippen molar-refractivity contribution in [2.24, 2.45) is 17.8 Å². The summed E-state index contributed by atoms with van der Waals surface area (Å²) >= 11 is 0. The molecule has 8 heteroatoms. The van der Waals surface area contributed by atoms with Gasteiger partial charge in [-0.3, -0.25) is 4.79 Å². The lowest BCUT2D eigenvalue weighted by Gasteiger charge is -2.18. The molecule has 1 saturated carbocycles. The van der Waals surface area contributed by atoms with Crippen LogP contribution >= 0.6 is 0 Å². The molecule has 0 N–H and O–H groups in total. The maximum atomic E-state index is 12.4. The number of carbonyl (C=O) groups excluding carboxylic acids is 2. The van der Waals surface area contributed by atoms with Gasteiger partial charge in [-0.25, -0.2) is 17.5 Å². The summed E-state index contributed by atoms with van der Waals surface area (Å²) < 4.78 is 37.0. The first-order chi connectivity index (χ1) is 12.4. The van der Waals surface area contributed by atoms with Crippen LogP contribution in [0.4, 0.5) is 0 Å². The summed E-state index contributed by atoms with van der Waals surface area (Å²) in [5.41, 5.74) is 0.246. The molecule has 1 aromatic rings. The summed E-state index contributed by atoms with van der Waals surface area (Å²) in [7, 11) is -3.88. The zero-order chi connectivity index (χ0) is 18.2. The third kappa shape index (κ3) is 2.11. The molecular formula is C18H19NO6S. The van der Waals surface area contributed by atoms with Gasteiger partial charge in [0.2, 0.25) is 0 Å². The van der Waals surface area contributed by atoms with E-state index in [2.05, 4.69) is 0 Å². The summed E-state index contributed by atoms with van der Waals surface area (Å²) in [6, 6.07) is 4.08. The molecule has 4 aliphatic rings. The van der Waals surface area contributed by atoms with Crippen molar-refractivity contribution < 1.29 is 27.5 Å². The molecule has 26 heavy (non-hydrogen) atoms. The first kappa shape index (κ1) is 16.3. The van der Waals surface area contributed by atoms with Crippen LogP contribution in [0, 0.1) is 17.8 Å². The zero-order valence-electron chi connectivity index (χ0n) is 14.3. The molecule has 1 amide bonds. The van der Waals surface area contributed by atoms with Gasteiger partial charge in [0, 0.05) is 12.5 Å². The van der Waals surface area contributed by atoms with Crippen molar-refractivity contribution in [3.05, 3.63) is 29.3 Å². The Morgan fingerprint density at radius 2 is 2.12 bits per heavy atom. The quantitative estimate of drug-likeness (QED) is 0.738. The lowest BCUT2D eigenvalue weighted by Crippen LogP contribution is -2.29. The van der Waals surface area contributed by atoms with Gasteiger partial charge in [0.15, 0.2) is 0 Å². The Morgan fingerprint density at radius 1 is 1.31 bits per heavy atom. The molecule has 1 aromatic carbocycles. The highest BCUT2D eigenvalue weighted by Gasteiger charge is 2.62. The standard InChI is InChI=1S/C18H19NO6S/c1-2-19-17(20)11-4-3-9(6-15(11)26(19,22)23)18(21)24-8-10-5-14-12-7-13(12)16(10)25-14/h3-4,6,10,12-14,16H,2,5,7-8H2,1H3/t10-,12+,13-,14-,16+/m0/s1. The maximum absolute atomic E-state index is 12.4. The molecule has 3 aliphatic heterocycles. The Hall–Kier alpha value is -1.93. The van der Waals surface area contributed by atoms with Crippen molar-refractivity contribution in [2.75, 3.05) is 13.2 Å². The second-order valence-electron chi connectivity index (χ2n) is 7.48. The van der Waals surface area contributed by atoms with Crippen molar-refractivity contribution in [2.45, 2.75) is 36.9 Å². The monoisotopic (exact) mass is 377 g/mol. The summed E-state index contributed by atoms with van der Waals surface area (Å²) in [5.74, 6) is 0.450. The Labute approximate surface area is 151 Å². The van der Waals surface area contributed by atoms with Crippen molar-refractivity contribution in [3.63, 3.8) is 0 Å². The minimum atomic E-state index is -3.88. The molecule has 0 spiro atoms. The predicted octanol–water partition coefficient (Wildman–Crippen LogP) is 1.43. The fraction of sp³-hybridized carbons (Fsp3) is 0.556. The van der Waals surface area contributed by atoms with Gasteiger partial charge in [-0.2, -0.15) is 0 Å². The van der Waals surface area contributed by atoms with Gasteiger partial charge in [-0.15, -0.1) is 0 Å². The molecule has 5 rings (SSSR count). The third-order valence-corrected chi connectivity index (χ3v) is 7.98. The van der Waals surface area contributed by atoms with Crippen molar-refractivity contribution in [1.29, 1.82) is 0 Å². The average molecular weight is 377 g/mol. The van der Waals surface area contributed by atoms with E-state index in [4.69, 9.17) is 9.47 Å². The first-order valence-corrected chi connectivity index (χ1v) is 10.4. The minimum Gasteiger partial charge on any atom is -0.462 e. The number of ether oxygens (including phenoxy) is 2. The van der Waals surface area contributed by atoms with Crippen LogP contribution in [-0.2, 0) is 19.5 Å². The molecule has 2 saturated heterocycles. The number of hydrogen-bond donors (Lipinski definition) is 0. The molecule has 3 fully saturated rings. The van der Waals surface area contributed by atoms with E-state index in [9.17, 15) is 18.0 Å². The van der Waals surface area contributed by atoms with Gasteiger partial charge >= 0.3 is 5.97 Å². The van der Waals surface area contributed by atoms with E-state index in [1.54, 1.807) is 6.92 Å². The van der Waals surface area contributed by atoms with Gasteiger partial charge in [0.05, 0.1) is 29.9 Å². The Bertz CT molecular complexity index is 926. The molecule has 0 unspecified atom stereocenters. The van der Waals surface area contributed by atoms with E-state index < -0.39 is 21.9 Å². The van der Waals surface area contributed by atoms with Crippen LogP contribution in [0.25, 0.3) is 0 Å². The van der Waals surface area contributed by atoms with Crippen molar-refractivity contribution >= 4 is 21.9 Å². The third-order valence-electron chi connectivity index (χ3n) is 6.08. The summed E-state index contributed by atoms with van der Waals surface area (Å²) in [6.45, 7) is 1.94. The highest BCUT2D eigenvalue weighted by Crippen LogP contribution is 2.60. The van der Waals surface area contributed by atoms with Crippen LogP contribution in [0.15, 0.2) is 23.1 Å². The maximum Gasteiger partial charge on any atom is 0.338 e. The minimum absolute atomic E-state index is 0.0576. The SMILES string of the molecule is CCN1C(=O)c2ccc(C(=O)OC[C@@H]3C[C@@H]4O[C@H]3[C@H]3C[C@H]34)cc2S1(=O)=O. The van der Waals surface area contributed by atoms with E-state index in [-0.39, 0.29) is 41.2 Å². The highest BCUT2D eigenvalue weighted by molar-refractivity contribution is 7.90. The lowest BCUT2D eigenvalue weighted by atomic mass is 9.90. The average Bonchev–Trinajstić information content (AvgIpc) is 3.17. The molecule has 3 heterocycles. The summed E-state index contributed by atoms with van der Waals surface area (Å²) in [6.07, 6.45) is 2.68. The normalized spacial score (nSPS) is 35.3. The van der Waals surface area contributed by atoms with Gasteiger partial charge in [-0.05, 0) is 49.8 Å². The molecule has 7 nitrogen and oxygen atoms in total. The van der Waals surface area contributed by atoms with E-state index in [0.29, 0.717) is 17.9 Å². The van der Waals surface area contributed by atoms with Crippen molar-refractivity contribution in [3.8, 4) is 0 Å². The van der Waals surface area contributed by atoms with Gasteiger partial charge < -0.3 is 9.47 Å². The molecule has 0 radical (unpaired) electrons. The van der Waals surface area contributed by atoms with E-state index in [0.717, 1.165) is 10.7 Å². The van der Waals surface area contributed by atoms with E-state index in [1.165, 1.54) is 24.6 Å². The molecule has 5 atom stereocenters. The zero-order valence-corrected chi connectivity index (χ0v) is 15.1. The molecule has 0 aromatic heterocycles. The number of nitrogens with zero attached hydrogens (tertiary/aromatic N) is 1. The molecule has 1 aliphatic carbocycles. The van der Waals surface area contributed by atoms with Gasteiger partial charge in [0.25, 0.3) is 15.9 Å². The number of rotatable bonds is 4. The van der Waals surface area contributed by atoms with Crippen LogP contribution < -0.4 is 0 Å². The second-order valence-corrected chi connectivity index (χ2v) is 9.31. The first-order valence-electron chi connectivity index (χ1n) is 8.95. The summed E-state index contributed by atoms with van der Waals surface area (Å²) in [5, 5.41) is 0. The van der Waals surface area contributed by atoms with Crippen LogP contribution in [0.2, 0.25) is 0 Å². The van der Waals surface area contributed by atoms with E-state index >= 15 is 0 Å². The Morgan fingerprint density at radius 3 is 2.81 bits per heavy atom. The van der Waals surface area contributed by atoms with Crippen LogP contribution in [0.5, 0.6) is 0 Å². The number of sulfonamides is 1. The molecule has 2 bridgehead atoms. The number of fused-ring (bicyclic) bond motifs is 6. The number of esters is 1. The number of amides is 1. The molecular weight excluding hydrogens is 358 g/mol. The number of carbonyl (C=O) groups is 2.